The van der Waals surface area contributed by atoms with Gasteiger partial charge in [0.05, 0.1) is 23.7 Å². The van der Waals surface area contributed by atoms with Crippen LogP contribution in [0.4, 0.5) is 0 Å². The fourth-order valence-electron chi connectivity index (χ4n) is 3.04. The Labute approximate surface area is 202 Å². The van der Waals surface area contributed by atoms with E-state index in [1.54, 1.807) is 38.1 Å². The molecular weight excluding hydrogens is 542 g/mol. The van der Waals surface area contributed by atoms with Crippen LogP contribution in [-0.2, 0) is 16.0 Å². The van der Waals surface area contributed by atoms with Gasteiger partial charge in [0.25, 0.3) is 5.56 Å². The summed E-state index contributed by atoms with van der Waals surface area (Å²) in [5.41, 5.74) is 0.968. The number of esters is 1. The number of ether oxygens (including phenoxy) is 2. The standard InChI is InChI=1S/C23H23Br2N3O4/c1-4-6-21-27-19-9-7-17(25)12-18(19)22(29)28(21)26-13-15-11-16(24)8-10-20(15)32-14(3)23(30)31-5-2/h7-14H,4-6H2,1-3H3/t14-/m0/s1. The number of carbonyl (C=O) groups excluding carboxylic acids is 1. The van der Waals surface area contributed by atoms with Crippen molar-refractivity contribution in [2.45, 2.75) is 39.7 Å². The Morgan fingerprint density at radius 3 is 2.62 bits per heavy atom. The minimum Gasteiger partial charge on any atom is -0.478 e. The number of fused-ring (bicyclic) bond motifs is 1. The molecule has 1 aromatic heterocycles. The van der Waals surface area contributed by atoms with Gasteiger partial charge in [-0.25, -0.2) is 9.78 Å². The van der Waals surface area contributed by atoms with Gasteiger partial charge in [-0.05, 0) is 56.7 Å². The van der Waals surface area contributed by atoms with Crippen molar-refractivity contribution in [3.63, 3.8) is 0 Å². The van der Waals surface area contributed by atoms with Gasteiger partial charge in [-0.15, -0.1) is 0 Å². The summed E-state index contributed by atoms with van der Waals surface area (Å²) in [4.78, 5) is 29.8. The Bertz CT molecular complexity index is 1220. The van der Waals surface area contributed by atoms with Gasteiger partial charge in [0.1, 0.15) is 11.6 Å². The van der Waals surface area contributed by atoms with Gasteiger partial charge in [0, 0.05) is 20.9 Å². The highest BCUT2D eigenvalue weighted by molar-refractivity contribution is 9.10. The lowest BCUT2D eigenvalue weighted by atomic mass is 10.2. The molecule has 0 aliphatic carbocycles. The number of aryl methyl sites for hydroxylation is 1. The zero-order valence-corrected chi connectivity index (χ0v) is 21.1. The van der Waals surface area contributed by atoms with Crippen LogP contribution in [0.5, 0.6) is 5.75 Å². The minimum atomic E-state index is -0.790. The SMILES string of the molecule is CCCc1nc2ccc(Br)cc2c(=O)n1N=Cc1cc(Br)ccc1O[C@@H](C)C(=O)OCC. The molecule has 9 heteroatoms. The molecule has 1 heterocycles. The Morgan fingerprint density at radius 2 is 1.91 bits per heavy atom. The van der Waals surface area contributed by atoms with E-state index in [1.165, 1.54) is 10.9 Å². The van der Waals surface area contributed by atoms with E-state index in [0.717, 1.165) is 15.4 Å². The predicted octanol–water partition coefficient (Wildman–Crippen LogP) is 5.09. The van der Waals surface area contributed by atoms with E-state index in [4.69, 9.17) is 9.47 Å². The first-order chi connectivity index (χ1) is 15.3. The van der Waals surface area contributed by atoms with E-state index in [9.17, 15) is 9.59 Å². The van der Waals surface area contributed by atoms with Crippen LogP contribution in [0.25, 0.3) is 10.9 Å². The molecule has 0 aliphatic heterocycles. The topological polar surface area (TPSA) is 82.8 Å². The minimum absolute atomic E-state index is 0.256. The van der Waals surface area contributed by atoms with Crippen molar-refractivity contribution in [3.05, 3.63) is 67.1 Å². The van der Waals surface area contributed by atoms with Crippen molar-refractivity contribution in [1.82, 2.24) is 9.66 Å². The number of carbonyl (C=O) groups is 1. The summed E-state index contributed by atoms with van der Waals surface area (Å²) in [6.07, 6.45) is 2.15. The normalized spacial score (nSPS) is 12.3. The third-order valence-corrected chi connectivity index (χ3v) is 5.54. The van der Waals surface area contributed by atoms with Crippen LogP contribution in [0.15, 0.2) is 55.2 Å². The quantitative estimate of drug-likeness (QED) is 0.281. The van der Waals surface area contributed by atoms with Crippen molar-refractivity contribution in [2.24, 2.45) is 5.10 Å². The summed E-state index contributed by atoms with van der Waals surface area (Å²) in [6, 6.07) is 10.7. The van der Waals surface area contributed by atoms with Crippen LogP contribution in [0.1, 0.15) is 38.6 Å². The maximum absolute atomic E-state index is 13.2. The second-order valence-corrected chi connectivity index (χ2v) is 8.83. The van der Waals surface area contributed by atoms with Gasteiger partial charge in [0.15, 0.2) is 6.10 Å². The van der Waals surface area contributed by atoms with Crippen LogP contribution >= 0.6 is 31.9 Å². The second kappa shape index (κ2) is 10.9. The molecule has 2 aromatic carbocycles. The summed E-state index contributed by atoms with van der Waals surface area (Å²) < 4.78 is 13.7. The molecule has 0 spiro atoms. The molecular formula is C23H23Br2N3O4. The third kappa shape index (κ3) is 5.63. The van der Waals surface area contributed by atoms with Gasteiger partial charge in [0.2, 0.25) is 0 Å². The zero-order chi connectivity index (χ0) is 23.3. The lowest BCUT2D eigenvalue weighted by Crippen LogP contribution is -2.26. The Morgan fingerprint density at radius 1 is 1.19 bits per heavy atom. The highest BCUT2D eigenvalue weighted by Crippen LogP contribution is 2.23. The van der Waals surface area contributed by atoms with E-state index in [1.807, 2.05) is 19.1 Å². The number of benzene rings is 2. The molecule has 0 N–H and O–H groups in total. The highest BCUT2D eigenvalue weighted by Gasteiger charge is 2.17. The van der Waals surface area contributed by atoms with Crippen molar-refractivity contribution >= 4 is 54.9 Å². The molecule has 3 aromatic rings. The van der Waals surface area contributed by atoms with Crippen LogP contribution in [0.3, 0.4) is 0 Å². The number of halogens is 2. The van der Waals surface area contributed by atoms with Crippen LogP contribution in [-0.4, -0.2) is 34.6 Å². The average molecular weight is 565 g/mol. The Kier molecular flexibility index (Phi) is 8.20. The van der Waals surface area contributed by atoms with E-state index < -0.39 is 12.1 Å². The van der Waals surface area contributed by atoms with E-state index in [0.29, 0.717) is 34.5 Å². The van der Waals surface area contributed by atoms with E-state index in [2.05, 4.69) is 41.9 Å². The highest BCUT2D eigenvalue weighted by atomic mass is 79.9. The molecule has 168 valence electrons. The van der Waals surface area contributed by atoms with Gasteiger partial charge >= 0.3 is 5.97 Å². The van der Waals surface area contributed by atoms with Gasteiger partial charge in [-0.1, -0.05) is 38.8 Å². The maximum atomic E-state index is 13.2. The smallest absolute Gasteiger partial charge is 0.347 e. The summed E-state index contributed by atoms with van der Waals surface area (Å²) in [7, 11) is 0. The molecule has 0 amide bonds. The van der Waals surface area contributed by atoms with Crippen LogP contribution in [0.2, 0.25) is 0 Å². The fourth-order valence-corrected chi connectivity index (χ4v) is 3.78. The molecule has 0 saturated heterocycles. The monoisotopic (exact) mass is 563 g/mol. The molecule has 1 atom stereocenters. The summed E-state index contributed by atoms with van der Waals surface area (Å²) in [6.45, 7) is 5.65. The number of aromatic nitrogens is 2. The Balaban J connectivity index is 2.04. The molecule has 0 radical (unpaired) electrons. The largest absolute Gasteiger partial charge is 0.478 e. The average Bonchev–Trinajstić information content (AvgIpc) is 2.76. The Hall–Kier alpha value is -2.52. The van der Waals surface area contributed by atoms with Crippen molar-refractivity contribution < 1.29 is 14.3 Å². The molecule has 3 rings (SSSR count). The maximum Gasteiger partial charge on any atom is 0.347 e. The molecule has 0 aliphatic rings. The van der Waals surface area contributed by atoms with Crippen molar-refractivity contribution in [1.29, 1.82) is 0 Å². The van der Waals surface area contributed by atoms with Gasteiger partial charge < -0.3 is 9.47 Å². The first-order valence-corrected chi connectivity index (χ1v) is 11.8. The van der Waals surface area contributed by atoms with E-state index >= 15 is 0 Å². The van der Waals surface area contributed by atoms with E-state index in [-0.39, 0.29) is 12.2 Å². The predicted molar refractivity (Wildman–Crippen MR) is 132 cm³/mol. The number of hydrogen-bond donors (Lipinski definition) is 0. The van der Waals surface area contributed by atoms with Gasteiger partial charge in [-0.2, -0.15) is 9.78 Å². The number of hydrogen-bond acceptors (Lipinski definition) is 6. The van der Waals surface area contributed by atoms with Crippen LogP contribution < -0.4 is 10.3 Å². The van der Waals surface area contributed by atoms with Gasteiger partial charge in [-0.3, -0.25) is 4.79 Å². The summed E-state index contributed by atoms with van der Waals surface area (Å²) in [5, 5.41) is 4.92. The molecule has 0 unspecified atom stereocenters. The first kappa shape index (κ1) is 24.1. The lowest BCUT2D eigenvalue weighted by Gasteiger charge is -2.15. The van der Waals surface area contributed by atoms with Crippen molar-refractivity contribution in [3.8, 4) is 5.75 Å². The summed E-state index contributed by atoms with van der Waals surface area (Å²) in [5.74, 6) is 0.559. The number of rotatable bonds is 8. The molecule has 0 fully saturated rings. The van der Waals surface area contributed by atoms with Crippen molar-refractivity contribution in [2.75, 3.05) is 6.61 Å². The third-order valence-electron chi connectivity index (χ3n) is 4.56. The molecule has 0 bridgehead atoms. The first-order valence-electron chi connectivity index (χ1n) is 10.2. The molecule has 32 heavy (non-hydrogen) atoms. The van der Waals surface area contributed by atoms with Crippen LogP contribution in [0, 0.1) is 0 Å². The number of nitrogens with zero attached hydrogens (tertiary/aromatic N) is 3. The lowest BCUT2D eigenvalue weighted by molar-refractivity contribution is -0.150. The molecule has 7 nitrogen and oxygen atoms in total. The summed E-state index contributed by atoms with van der Waals surface area (Å²) >= 11 is 6.85. The zero-order valence-electron chi connectivity index (χ0n) is 18.0. The second-order valence-electron chi connectivity index (χ2n) is 7.00. The fraction of sp³-hybridized carbons (Fsp3) is 0.304. The molecule has 0 saturated carbocycles.